The van der Waals surface area contributed by atoms with E-state index in [1.54, 1.807) is 31.5 Å². The van der Waals surface area contributed by atoms with E-state index in [1.165, 1.54) is 9.58 Å². The molecule has 0 aliphatic carbocycles. The third kappa shape index (κ3) is 3.16. The molecule has 0 N–H and O–H groups in total. The summed E-state index contributed by atoms with van der Waals surface area (Å²) in [4.78, 5) is 26.4. The first kappa shape index (κ1) is 16.2. The molecule has 0 spiro atoms. The Kier molecular flexibility index (Phi) is 4.61. The van der Waals surface area contributed by atoms with Gasteiger partial charge in [0, 0.05) is 19.5 Å². The highest BCUT2D eigenvalue weighted by Gasteiger charge is 2.13. The summed E-state index contributed by atoms with van der Waals surface area (Å²) in [5, 5.41) is 7.90. The van der Waals surface area contributed by atoms with Crippen LogP contribution in [0.1, 0.15) is 0 Å². The van der Waals surface area contributed by atoms with Gasteiger partial charge in [0.2, 0.25) is 0 Å². The van der Waals surface area contributed by atoms with Crippen LogP contribution < -0.4 is 5.56 Å². The quantitative estimate of drug-likeness (QED) is 0.731. The maximum Gasteiger partial charge on any atom is 0.409 e. The molecule has 2 aromatic heterocycles. The fourth-order valence-corrected chi connectivity index (χ4v) is 3.05. The number of ether oxygens (including phenoxy) is 1. The molecule has 6 nitrogen and oxygen atoms in total. The normalized spacial score (nSPS) is 10.8. The molecule has 0 atom stereocenters. The summed E-state index contributed by atoms with van der Waals surface area (Å²) in [6.45, 7) is 0.299. The Morgan fingerprint density at radius 1 is 1.21 bits per heavy atom. The van der Waals surface area contributed by atoms with Crippen molar-refractivity contribution in [3.63, 3.8) is 0 Å². The molecule has 0 unspecified atom stereocenters. The van der Waals surface area contributed by atoms with E-state index < -0.39 is 6.09 Å². The maximum atomic E-state index is 12.6. The van der Waals surface area contributed by atoms with E-state index in [0.717, 1.165) is 16.0 Å². The van der Waals surface area contributed by atoms with Gasteiger partial charge in [0.25, 0.3) is 5.56 Å². The van der Waals surface area contributed by atoms with Crippen LogP contribution in [0.15, 0.2) is 46.6 Å². The fourth-order valence-electron chi connectivity index (χ4n) is 2.33. The van der Waals surface area contributed by atoms with Crippen LogP contribution in [-0.4, -0.2) is 41.5 Å². The number of hydrogen-bond donors (Lipinski definition) is 0. The first-order chi connectivity index (χ1) is 11.6. The molecule has 3 aromatic rings. The van der Waals surface area contributed by atoms with Gasteiger partial charge in [-0.15, -0.1) is 11.3 Å². The number of aromatic nitrogens is 2. The number of fused-ring (bicyclic) bond motifs is 1. The van der Waals surface area contributed by atoms with Crippen LogP contribution in [0.2, 0.25) is 0 Å². The predicted octanol–water partition coefficient (Wildman–Crippen LogP) is 2.82. The van der Waals surface area contributed by atoms with Crippen LogP contribution in [0.4, 0.5) is 4.79 Å². The molecule has 0 saturated carbocycles. The van der Waals surface area contributed by atoms with Crippen LogP contribution in [0.5, 0.6) is 0 Å². The number of rotatable bonds is 4. The van der Waals surface area contributed by atoms with E-state index >= 15 is 0 Å². The number of carbonyl (C=O) groups excluding carboxylic acids is 1. The average molecular weight is 343 g/mol. The molecule has 1 amide bonds. The molecule has 0 saturated heterocycles. The lowest BCUT2D eigenvalue weighted by Gasteiger charge is -2.13. The summed E-state index contributed by atoms with van der Waals surface area (Å²) in [7, 11) is 3.22. The van der Waals surface area contributed by atoms with Gasteiger partial charge in [-0.3, -0.25) is 4.79 Å². The molecule has 0 fully saturated rings. The minimum absolute atomic E-state index is 0.0894. The van der Waals surface area contributed by atoms with E-state index in [-0.39, 0.29) is 18.7 Å². The SMILES string of the molecule is CN(C)C(=O)OCCn1nc(-c2cccs2)c2ccccc2c1=O. The van der Waals surface area contributed by atoms with Crippen LogP contribution in [0.3, 0.4) is 0 Å². The van der Waals surface area contributed by atoms with Crippen molar-refractivity contribution in [1.82, 2.24) is 14.7 Å². The van der Waals surface area contributed by atoms with Gasteiger partial charge in [0.05, 0.1) is 16.8 Å². The first-order valence-electron chi connectivity index (χ1n) is 7.46. The minimum Gasteiger partial charge on any atom is -0.447 e. The number of nitrogens with zero attached hydrogens (tertiary/aromatic N) is 3. The minimum atomic E-state index is -0.442. The molecule has 24 heavy (non-hydrogen) atoms. The van der Waals surface area contributed by atoms with Crippen molar-refractivity contribution < 1.29 is 9.53 Å². The second-order valence-electron chi connectivity index (χ2n) is 5.41. The summed E-state index contributed by atoms with van der Waals surface area (Å²) in [6.07, 6.45) is -0.442. The zero-order valence-corrected chi connectivity index (χ0v) is 14.2. The maximum absolute atomic E-state index is 12.6. The third-order valence-corrected chi connectivity index (χ3v) is 4.39. The van der Waals surface area contributed by atoms with Crippen LogP contribution >= 0.6 is 11.3 Å². The molecule has 7 heteroatoms. The standard InChI is InChI=1S/C17H17N3O3S/c1-19(2)17(22)23-10-9-20-16(21)13-7-4-3-6-12(13)15(18-20)14-8-5-11-24-14/h3-8,11H,9-10H2,1-2H3. The van der Waals surface area contributed by atoms with E-state index in [9.17, 15) is 9.59 Å². The van der Waals surface area contributed by atoms with Crippen LogP contribution in [-0.2, 0) is 11.3 Å². The Bertz CT molecular complexity index is 916. The lowest BCUT2D eigenvalue weighted by molar-refractivity contribution is 0.113. The number of hydrogen-bond acceptors (Lipinski definition) is 5. The van der Waals surface area contributed by atoms with Crippen molar-refractivity contribution in [1.29, 1.82) is 0 Å². The molecule has 0 aliphatic heterocycles. The monoisotopic (exact) mass is 343 g/mol. The van der Waals surface area contributed by atoms with Crippen molar-refractivity contribution in [3.05, 3.63) is 52.1 Å². The summed E-state index contributed by atoms with van der Waals surface area (Å²) >= 11 is 1.57. The van der Waals surface area contributed by atoms with Gasteiger partial charge in [-0.25, -0.2) is 9.48 Å². The van der Waals surface area contributed by atoms with Crippen molar-refractivity contribution in [2.75, 3.05) is 20.7 Å². The van der Waals surface area contributed by atoms with Gasteiger partial charge in [-0.05, 0) is 17.5 Å². The number of benzene rings is 1. The predicted molar refractivity (Wildman–Crippen MR) is 94.4 cm³/mol. The Hall–Kier alpha value is -2.67. The topological polar surface area (TPSA) is 64.4 Å². The Morgan fingerprint density at radius 2 is 1.96 bits per heavy atom. The Labute approximate surface area is 142 Å². The van der Waals surface area contributed by atoms with Gasteiger partial charge in [0.1, 0.15) is 12.3 Å². The summed E-state index contributed by atoms with van der Waals surface area (Å²) in [6, 6.07) is 11.3. The summed E-state index contributed by atoms with van der Waals surface area (Å²) < 4.78 is 6.46. The molecule has 0 bridgehead atoms. The average Bonchev–Trinajstić information content (AvgIpc) is 3.11. The smallest absolute Gasteiger partial charge is 0.409 e. The highest BCUT2D eigenvalue weighted by Crippen LogP contribution is 2.28. The van der Waals surface area contributed by atoms with Crippen molar-refractivity contribution in [2.24, 2.45) is 0 Å². The van der Waals surface area contributed by atoms with Crippen molar-refractivity contribution in [3.8, 4) is 10.6 Å². The van der Waals surface area contributed by atoms with Crippen LogP contribution in [0.25, 0.3) is 21.3 Å². The van der Waals surface area contributed by atoms with Crippen molar-refractivity contribution >= 4 is 28.2 Å². The zero-order chi connectivity index (χ0) is 17.1. The largest absolute Gasteiger partial charge is 0.447 e. The Morgan fingerprint density at radius 3 is 2.62 bits per heavy atom. The van der Waals surface area contributed by atoms with Gasteiger partial charge in [0.15, 0.2) is 0 Å². The lowest BCUT2D eigenvalue weighted by atomic mass is 10.1. The van der Waals surface area contributed by atoms with Gasteiger partial charge in [-0.2, -0.15) is 5.10 Å². The zero-order valence-electron chi connectivity index (χ0n) is 13.4. The van der Waals surface area contributed by atoms with Gasteiger partial charge in [-0.1, -0.05) is 24.3 Å². The molecular formula is C17H17N3O3S. The number of carbonyl (C=O) groups is 1. The third-order valence-electron chi connectivity index (χ3n) is 3.52. The molecule has 1 aromatic carbocycles. The highest BCUT2D eigenvalue weighted by atomic mass is 32.1. The Balaban J connectivity index is 1.98. The molecule has 0 radical (unpaired) electrons. The van der Waals surface area contributed by atoms with E-state index in [1.807, 2.05) is 35.7 Å². The number of thiophene rings is 1. The summed E-state index contributed by atoms with van der Waals surface area (Å²) in [5.74, 6) is 0. The van der Waals surface area contributed by atoms with E-state index in [2.05, 4.69) is 5.10 Å². The van der Waals surface area contributed by atoms with E-state index in [4.69, 9.17) is 4.74 Å². The van der Waals surface area contributed by atoms with Crippen molar-refractivity contribution in [2.45, 2.75) is 6.54 Å². The number of amides is 1. The fraction of sp³-hybridized carbons (Fsp3) is 0.235. The second kappa shape index (κ2) is 6.84. The van der Waals surface area contributed by atoms with Gasteiger partial charge >= 0.3 is 6.09 Å². The lowest BCUT2D eigenvalue weighted by Crippen LogP contribution is -2.28. The molecular weight excluding hydrogens is 326 g/mol. The summed E-state index contributed by atoms with van der Waals surface area (Å²) in [5.41, 5.74) is 0.575. The van der Waals surface area contributed by atoms with Crippen LogP contribution in [0, 0.1) is 0 Å². The van der Waals surface area contributed by atoms with Gasteiger partial charge < -0.3 is 9.64 Å². The molecule has 124 valence electrons. The second-order valence-corrected chi connectivity index (χ2v) is 6.36. The molecule has 3 rings (SSSR count). The molecule has 0 aliphatic rings. The van der Waals surface area contributed by atoms with E-state index in [0.29, 0.717) is 5.39 Å². The highest BCUT2D eigenvalue weighted by molar-refractivity contribution is 7.13. The molecule has 2 heterocycles. The first-order valence-corrected chi connectivity index (χ1v) is 8.33.